The van der Waals surface area contributed by atoms with Crippen LogP contribution < -0.4 is 0 Å². The molecule has 66 valence electrons. The largest absolute Gasteiger partial charge is 0.261 e. The Kier molecular flexibility index (Phi) is 3.15. The smallest absolute Gasteiger partial charge is 0.0460 e. The Labute approximate surface area is 79.6 Å². The number of thiol groups is 1. The molecule has 1 heterocycles. The van der Waals surface area contributed by atoms with Gasteiger partial charge in [0.05, 0.1) is 0 Å². The molecule has 0 aliphatic rings. The fourth-order valence-corrected chi connectivity index (χ4v) is 1.73. The van der Waals surface area contributed by atoms with Crippen molar-refractivity contribution in [2.45, 2.75) is 25.7 Å². The van der Waals surface area contributed by atoms with Crippen LogP contribution in [0.25, 0.3) is 0 Å². The van der Waals surface area contributed by atoms with E-state index in [-0.39, 0.29) is 5.41 Å². The highest BCUT2D eigenvalue weighted by Gasteiger charge is 2.20. The summed E-state index contributed by atoms with van der Waals surface area (Å²) in [6.45, 7) is 4.40. The maximum absolute atomic E-state index is 4.34. The lowest BCUT2D eigenvalue weighted by Gasteiger charge is -2.22. The highest BCUT2D eigenvalue weighted by Crippen LogP contribution is 2.24. The first-order chi connectivity index (χ1) is 5.67. The van der Waals surface area contributed by atoms with Crippen LogP contribution in [0.1, 0.15) is 26.0 Å². The quantitative estimate of drug-likeness (QED) is 0.707. The van der Waals surface area contributed by atoms with Crippen LogP contribution in [0, 0.1) is 0 Å². The Morgan fingerprint density at radius 2 is 2.17 bits per heavy atom. The molecule has 0 aromatic carbocycles. The summed E-state index contributed by atoms with van der Waals surface area (Å²) in [6.07, 6.45) is 2.91. The Morgan fingerprint density at radius 1 is 1.42 bits per heavy atom. The van der Waals surface area contributed by atoms with Crippen LogP contribution in [-0.2, 0) is 5.41 Å². The second-order valence-electron chi connectivity index (χ2n) is 3.57. The second kappa shape index (κ2) is 3.94. The topological polar surface area (TPSA) is 12.9 Å². The molecule has 0 unspecified atom stereocenters. The summed E-state index contributed by atoms with van der Waals surface area (Å²) in [5, 5.41) is 0. The van der Waals surface area contributed by atoms with Crippen LogP contribution >= 0.6 is 12.6 Å². The predicted octanol–water partition coefficient (Wildman–Crippen LogP) is 2.68. The molecule has 2 heteroatoms. The fourth-order valence-electron chi connectivity index (χ4n) is 1.17. The van der Waals surface area contributed by atoms with Gasteiger partial charge in [0, 0.05) is 17.3 Å². The molecule has 0 N–H and O–H groups in total. The molecule has 0 saturated heterocycles. The van der Waals surface area contributed by atoms with E-state index in [4.69, 9.17) is 0 Å². The van der Waals surface area contributed by atoms with Crippen LogP contribution in [0.4, 0.5) is 0 Å². The molecule has 0 bridgehead atoms. The Morgan fingerprint density at radius 3 is 2.67 bits per heavy atom. The summed E-state index contributed by atoms with van der Waals surface area (Å²) in [7, 11) is 0. The van der Waals surface area contributed by atoms with E-state index in [0.29, 0.717) is 0 Å². The zero-order chi connectivity index (χ0) is 9.03. The van der Waals surface area contributed by atoms with Crippen molar-refractivity contribution < 1.29 is 0 Å². The normalized spacial score (nSPS) is 11.6. The lowest BCUT2D eigenvalue weighted by atomic mass is 9.86. The van der Waals surface area contributed by atoms with E-state index in [1.807, 2.05) is 18.3 Å². The molecule has 0 radical (unpaired) electrons. The maximum atomic E-state index is 4.34. The van der Waals surface area contributed by atoms with Crippen LogP contribution in [0.5, 0.6) is 0 Å². The molecular formula is C10H15NS. The first-order valence-corrected chi connectivity index (χ1v) is 4.82. The van der Waals surface area contributed by atoms with Gasteiger partial charge in [0.25, 0.3) is 0 Å². The minimum absolute atomic E-state index is 0.156. The number of hydrogen-bond acceptors (Lipinski definition) is 2. The second-order valence-corrected chi connectivity index (χ2v) is 4.02. The van der Waals surface area contributed by atoms with Crippen molar-refractivity contribution in [1.29, 1.82) is 0 Å². The van der Waals surface area contributed by atoms with Crippen molar-refractivity contribution in [3.05, 3.63) is 30.1 Å². The summed E-state index contributed by atoms with van der Waals surface area (Å²) in [6, 6.07) is 6.05. The van der Waals surface area contributed by atoms with Crippen molar-refractivity contribution in [2.75, 3.05) is 5.75 Å². The summed E-state index contributed by atoms with van der Waals surface area (Å²) in [5.41, 5.74) is 1.31. The molecule has 1 aromatic heterocycles. The van der Waals surface area contributed by atoms with Gasteiger partial charge in [0.2, 0.25) is 0 Å². The third-order valence-corrected chi connectivity index (χ3v) is 2.32. The maximum Gasteiger partial charge on any atom is 0.0460 e. The van der Waals surface area contributed by atoms with Gasteiger partial charge in [-0.25, -0.2) is 0 Å². The minimum Gasteiger partial charge on any atom is -0.261 e. The van der Waals surface area contributed by atoms with Crippen LogP contribution in [-0.4, -0.2) is 10.7 Å². The van der Waals surface area contributed by atoms with Crippen LogP contribution in [0.15, 0.2) is 24.4 Å². The van der Waals surface area contributed by atoms with Crippen molar-refractivity contribution in [3.63, 3.8) is 0 Å². The molecule has 12 heavy (non-hydrogen) atoms. The van der Waals surface area contributed by atoms with E-state index >= 15 is 0 Å². The van der Waals surface area contributed by atoms with Crippen molar-refractivity contribution >= 4 is 12.6 Å². The number of aromatic nitrogens is 1. The van der Waals surface area contributed by atoms with E-state index in [2.05, 4.69) is 37.5 Å². The SMILES string of the molecule is CC(C)(CCS)c1ccccn1. The van der Waals surface area contributed by atoms with Gasteiger partial charge in [-0.1, -0.05) is 19.9 Å². The Hall–Kier alpha value is -0.500. The predicted molar refractivity (Wildman–Crippen MR) is 55.7 cm³/mol. The first-order valence-electron chi connectivity index (χ1n) is 4.19. The van der Waals surface area contributed by atoms with Crippen LogP contribution in [0.3, 0.4) is 0 Å². The zero-order valence-corrected chi connectivity index (χ0v) is 8.51. The van der Waals surface area contributed by atoms with E-state index < -0.39 is 0 Å². The minimum atomic E-state index is 0.156. The van der Waals surface area contributed by atoms with Gasteiger partial charge in [-0.15, -0.1) is 0 Å². The summed E-state index contributed by atoms with van der Waals surface area (Å²) < 4.78 is 0. The Balaban J connectivity index is 2.82. The highest BCUT2D eigenvalue weighted by molar-refractivity contribution is 7.80. The van der Waals surface area contributed by atoms with Crippen LogP contribution in [0.2, 0.25) is 0 Å². The number of pyridine rings is 1. The zero-order valence-electron chi connectivity index (χ0n) is 7.62. The number of rotatable bonds is 3. The molecule has 1 rings (SSSR count). The standard InChI is InChI=1S/C10H15NS/c1-10(2,6-8-12)9-5-3-4-7-11-9/h3-5,7,12H,6,8H2,1-2H3. The molecule has 0 saturated carbocycles. The van der Waals surface area contributed by atoms with Gasteiger partial charge in [-0.2, -0.15) is 12.6 Å². The highest BCUT2D eigenvalue weighted by atomic mass is 32.1. The summed E-state index contributed by atoms with van der Waals surface area (Å²) >= 11 is 4.24. The molecule has 0 aliphatic carbocycles. The lowest BCUT2D eigenvalue weighted by molar-refractivity contribution is 0.495. The van der Waals surface area contributed by atoms with Gasteiger partial charge in [-0.05, 0) is 24.3 Å². The van der Waals surface area contributed by atoms with Gasteiger partial charge in [-0.3, -0.25) is 4.98 Å². The molecule has 0 amide bonds. The number of nitrogens with zero attached hydrogens (tertiary/aromatic N) is 1. The van der Waals surface area contributed by atoms with Gasteiger partial charge < -0.3 is 0 Å². The molecular weight excluding hydrogens is 166 g/mol. The lowest BCUT2D eigenvalue weighted by Crippen LogP contribution is -2.19. The molecule has 0 atom stereocenters. The molecule has 0 aliphatic heterocycles. The van der Waals surface area contributed by atoms with E-state index in [1.54, 1.807) is 0 Å². The first kappa shape index (κ1) is 9.59. The average Bonchev–Trinajstić information content (AvgIpc) is 2.06. The van der Waals surface area contributed by atoms with E-state index in [1.165, 1.54) is 0 Å². The van der Waals surface area contributed by atoms with Gasteiger partial charge in [0.1, 0.15) is 0 Å². The molecule has 1 nitrogen and oxygen atoms in total. The molecule has 0 fully saturated rings. The van der Waals surface area contributed by atoms with E-state index in [0.717, 1.165) is 17.9 Å². The van der Waals surface area contributed by atoms with Gasteiger partial charge in [0.15, 0.2) is 0 Å². The van der Waals surface area contributed by atoms with Crippen molar-refractivity contribution in [2.24, 2.45) is 0 Å². The monoisotopic (exact) mass is 181 g/mol. The third-order valence-electron chi connectivity index (χ3n) is 2.10. The third kappa shape index (κ3) is 2.24. The fraction of sp³-hybridized carbons (Fsp3) is 0.500. The molecule has 1 aromatic rings. The van der Waals surface area contributed by atoms with Crippen molar-refractivity contribution in [1.82, 2.24) is 4.98 Å². The van der Waals surface area contributed by atoms with Gasteiger partial charge >= 0.3 is 0 Å². The van der Waals surface area contributed by atoms with E-state index in [9.17, 15) is 0 Å². The summed E-state index contributed by atoms with van der Waals surface area (Å²) in [5.74, 6) is 0.906. The number of hydrogen-bond donors (Lipinski definition) is 1. The van der Waals surface area contributed by atoms with Crippen molar-refractivity contribution in [3.8, 4) is 0 Å². The Bertz CT molecular complexity index is 231. The summed E-state index contributed by atoms with van der Waals surface area (Å²) in [4.78, 5) is 4.34. The average molecular weight is 181 g/mol. The molecule has 0 spiro atoms.